The Morgan fingerprint density at radius 2 is 1.67 bits per heavy atom. The number of sulfonamides is 1. The smallest absolute Gasteiger partial charge is 0.243 e. The number of rotatable bonds is 8. The van der Waals surface area contributed by atoms with Crippen LogP contribution in [0.1, 0.15) is 37.6 Å². The summed E-state index contributed by atoms with van der Waals surface area (Å²) in [4.78, 5) is 25.5. The van der Waals surface area contributed by atoms with Gasteiger partial charge in [0.25, 0.3) is 0 Å². The lowest BCUT2D eigenvalue weighted by Gasteiger charge is -2.34. The Labute approximate surface area is 166 Å². The second-order valence-corrected chi connectivity index (χ2v) is 10.1. The predicted molar refractivity (Wildman–Crippen MR) is 109 cm³/mol. The van der Waals surface area contributed by atoms with Crippen molar-refractivity contribution in [2.24, 2.45) is 5.92 Å². The standard InChI is InChI=1S/C19H28N2O4S2/c1-15(2)8-13-26-14-19(23)20-9-11-21(12-10-20)27(24,25)18-6-4-17(5-7-18)16(3)22/h4-7,15H,8-14H2,1-3H3. The molecule has 150 valence electrons. The molecule has 0 unspecified atom stereocenters. The van der Waals surface area contributed by atoms with E-state index in [1.807, 2.05) is 0 Å². The minimum Gasteiger partial charge on any atom is -0.339 e. The van der Waals surface area contributed by atoms with Gasteiger partial charge in [-0.2, -0.15) is 16.1 Å². The Bertz CT molecular complexity index is 752. The predicted octanol–water partition coefficient (Wildman–Crippen LogP) is 2.50. The van der Waals surface area contributed by atoms with Crippen molar-refractivity contribution in [2.75, 3.05) is 37.7 Å². The first kappa shape index (κ1) is 21.9. The Kier molecular flexibility index (Phi) is 7.88. The van der Waals surface area contributed by atoms with Crippen molar-refractivity contribution in [3.05, 3.63) is 29.8 Å². The third kappa shape index (κ3) is 6.05. The fraction of sp³-hybridized carbons (Fsp3) is 0.579. The molecule has 0 aliphatic carbocycles. The minimum atomic E-state index is -3.61. The molecule has 1 aliphatic heterocycles. The molecule has 8 heteroatoms. The van der Waals surface area contributed by atoms with Crippen LogP contribution in [0.3, 0.4) is 0 Å². The summed E-state index contributed by atoms with van der Waals surface area (Å²) in [6, 6.07) is 6.00. The molecular formula is C19H28N2O4S2. The third-order valence-electron chi connectivity index (χ3n) is 4.56. The molecule has 1 aromatic carbocycles. The van der Waals surface area contributed by atoms with Crippen LogP contribution in [0.15, 0.2) is 29.2 Å². The van der Waals surface area contributed by atoms with E-state index in [0.29, 0.717) is 43.4 Å². The van der Waals surface area contributed by atoms with Gasteiger partial charge in [0.05, 0.1) is 10.6 Å². The number of piperazine rings is 1. The summed E-state index contributed by atoms with van der Waals surface area (Å²) in [5.74, 6) is 2.02. The molecular weight excluding hydrogens is 384 g/mol. The number of Topliss-reactive ketones (excluding diaryl/α,β-unsaturated/α-hetero) is 1. The van der Waals surface area contributed by atoms with E-state index in [1.54, 1.807) is 16.7 Å². The number of nitrogens with zero attached hydrogens (tertiary/aromatic N) is 2. The number of amides is 1. The van der Waals surface area contributed by atoms with E-state index in [-0.39, 0.29) is 16.6 Å². The van der Waals surface area contributed by atoms with Gasteiger partial charge in [0, 0.05) is 31.7 Å². The van der Waals surface area contributed by atoms with Crippen molar-refractivity contribution in [3.63, 3.8) is 0 Å². The Hall–Kier alpha value is -1.38. The highest BCUT2D eigenvalue weighted by molar-refractivity contribution is 7.99. The van der Waals surface area contributed by atoms with Gasteiger partial charge in [-0.25, -0.2) is 8.42 Å². The molecule has 0 spiro atoms. The number of carbonyl (C=O) groups is 2. The molecule has 2 rings (SSSR count). The third-order valence-corrected chi connectivity index (χ3v) is 7.44. The number of hydrogen-bond acceptors (Lipinski definition) is 5. The van der Waals surface area contributed by atoms with E-state index in [4.69, 9.17) is 0 Å². The number of benzene rings is 1. The Morgan fingerprint density at radius 3 is 2.19 bits per heavy atom. The van der Waals surface area contributed by atoms with Crippen LogP contribution < -0.4 is 0 Å². The molecule has 1 aromatic rings. The first-order chi connectivity index (χ1) is 12.7. The minimum absolute atomic E-state index is 0.0756. The van der Waals surface area contributed by atoms with Crippen LogP contribution in [-0.4, -0.2) is 67.0 Å². The van der Waals surface area contributed by atoms with Gasteiger partial charge < -0.3 is 4.90 Å². The van der Waals surface area contributed by atoms with E-state index >= 15 is 0 Å². The molecule has 1 fully saturated rings. The molecule has 0 bridgehead atoms. The molecule has 0 N–H and O–H groups in total. The summed E-state index contributed by atoms with van der Waals surface area (Å²) in [6.45, 7) is 7.17. The van der Waals surface area contributed by atoms with E-state index in [2.05, 4.69) is 13.8 Å². The fourth-order valence-electron chi connectivity index (χ4n) is 2.76. The van der Waals surface area contributed by atoms with Gasteiger partial charge in [-0.15, -0.1) is 0 Å². The monoisotopic (exact) mass is 412 g/mol. The van der Waals surface area contributed by atoms with Crippen LogP contribution in [0.5, 0.6) is 0 Å². The quantitative estimate of drug-likeness (QED) is 0.484. The summed E-state index contributed by atoms with van der Waals surface area (Å²) in [6.07, 6.45) is 1.09. The summed E-state index contributed by atoms with van der Waals surface area (Å²) in [5.41, 5.74) is 0.485. The van der Waals surface area contributed by atoms with Crippen LogP contribution in [0.2, 0.25) is 0 Å². The summed E-state index contributed by atoms with van der Waals surface area (Å²) < 4.78 is 26.9. The second-order valence-electron chi connectivity index (χ2n) is 7.10. The molecule has 27 heavy (non-hydrogen) atoms. The SMILES string of the molecule is CC(=O)c1ccc(S(=O)(=O)N2CCN(C(=O)CSCCC(C)C)CC2)cc1. The zero-order valence-electron chi connectivity index (χ0n) is 16.2. The summed E-state index contributed by atoms with van der Waals surface area (Å²) in [7, 11) is -3.61. The second kappa shape index (κ2) is 9.71. The van der Waals surface area contributed by atoms with Gasteiger partial charge in [-0.1, -0.05) is 26.0 Å². The average Bonchev–Trinajstić information content (AvgIpc) is 2.65. The Balaban J connectivity index is 1.88. The molecule has 1 aliphatic rings. The maximum Gasteiger partial charge on any atom is 0.243 e. The lowest BCUT2D eigenvalue weighted by Crippen LogP contribution is -2.51. The maximum atomic E-state index is 12.8. The highest BCUT2D eigenvalue weighted by atomic mass is 32.2. The highest BCUT2D eigenvalue weighted by Gasteiger charge is 2.30. The van der Waals surface area contributed by atoms with Gasteiger partial charge in [0.1, 0.15) is 0 Å². The van der Waals surface area contributed by atoms with E-state index < -0.39 is 10.0 Å². The lowest BCUT2D eigenvalue weighted by molar-refractivity contribution is -0.129. The summed E-state index contributed by atoms with van der Waals surface area (Å²) >= 11 is 1.64. The highest BCUT2D eigenvalue weighted by Crippen LogP contribution is 2.19. The van der Waals surface area contributed by atoms with Crippen molar-refractivity contribution >= 4 is 33.5 Å². The van der Waals surface area contributed by atoms with Gasteiger partial charge in [-0.3, -0.25) is 9.59 Å². The van der Waals surface area contributed by atoms with Crippen molar-refractivity contribution in [1.82, 2.24) is 9.21 Å². The van der Waals surface area contributed by atoms with Gasteiger partial charge in [0.2, 0.25) is 15.9 Å². The molecule has 6 nitrogen and oxygen atoms in total. The number of ketones is 1. The normalized spacial score (nSPS) is 15.9. The number of carbonyl (C=O) groups excluding carboxylic acids is 2. The number of thioether (sulfide) groups is 1. The van der Waals surface area contributed by atoms with E-state index in [0.717, 1.165) is 12.2 Å². The van der Waals surface area contributed by atoms with Crippen LogP contribution >= 0.6 is 11.8 Å². The van der Waals surface area contributed by atoms with Gasteiger partial charge in [0.15, 0.2) is 5.78 Å². The van der Waals surface area contributed by atoms with Crippen LogP contribution in [0, 0.1) is 5.92 Å². The van der Waals surface area contributed by atoms with Crippen LogP contribution in [-0.2, 0) is 14.8 Å². The van der Waals surface area contributed by atoms with Crippen LogP contribution in [0.4, 0.5) is 0 Å². The first-order valence-electron chi connectivity index (χ1n) is 9.18. The molecule has 1 saturated heterocycles. The first-order valence-corrected chi connectivity index (χ1v) is 11.8. The van der Waals surface area contributed by atoms with Gasteiger partial charge in [-0.05, 0) is 37.1 Å². The largest absolute Gasteiger partial charge is 0.339 e. The van der Waals surface area contributed by atoms with E-state index in [1.165, 1.54) is 35.5 Å². The zero-order chi connectivity index (χ0) is 20.0. The van der Waals surface area contributed by atoms with E-state index in [9.17, 15) is 18.0 Å². The molecule has 0 aromatic heterocycles. The molecule has 1 heterocycles. The molecule has 0 saturated carbocycles. The molecule has 0 radical (unpaired) electrons. The Morgan fingerprint density at radius 1 is 1.07 bits per heavy atom. The fourth-order valence-corrected chi connectivity index (χ4v) is 5.32. The van der Waals surface area contributed by atoms with Crippen molar-refractivity contribution in [3.8, 4) is 0 Å². The summed E-state index contributed by atoms with van der Waals surface area (Å²) in [5, 5.41) is 0. The topological polar surface area (TPSA) is 74.8 Å². The maximum absolute atomic E-state index is 12.8. The van der Waals surface area contributed by atoms with Crippen molar-refractivity contribution in [1.29, 1.82) is 0 Å². The number of hydrogen-bond donors (Lipinski definition) is 0. The molecule has 0 atom stereocenters. The van der Waals surface area contributed by atoms with Gasteiger partial charge >= 0.3 is 0 Å². The zero-order valence-corrected chi connectivity index (χ0v) is 17.8. The van der Waals surface area contributed by atoms with Crippen molar-refractivity contribution < 1.29 is 18.0 Å². The van der Waals surface area contributed by atoms with Crippen LogP contribution in [0.25, 0.3) is 0 Å². The van der Waals surface area contributed by atoms with Crippen molar-refractivity contribution in [2.45, 2.75) is 32.1 Å². The molecule has 1 amide bonds. The lowest BCUT2D eigenvalue weighted by atomic mass is 10.2. The average molecular weight is 413 g/mol.